The Morgan fingerprint density at radius 1 is 0.857 bits per heavy atom. The second kappa shape index (κ2) is 30.9. The Bertz CT molecular complexity index is 370. The van der Waals surface area contributed by atoms with Gasteiger partial charge in [-0.3, -0.25) is 9.79 Å². The van der Waals surface area contributed by atoms with E-state index < -0.39 is 19.8 Å². The van der Waals surface area contributed by atoms with Crippen LogP contribution in [-0.4, -0.2) is 79.7 Å². The Morgan fingerprint density at radius 2 is 0.905 bits per heavy atom. The van der Waals surface area contributed by atoms with Gasteiger partial charge in [0.25, 0.3) is 0 Å². The number of halogens is 1. The molecule has 0 amide bonds. The predicted molar refractivity (Wildman–Crippen MR) is 60.8 cm³/mol. The number of isocyanates is 3. The van der Waals surface area contributed by atoms with Crippen LogP contribution in [0.5, 0.6) is 0 Å². The molecule has 0 aromatic rings. The van der Waals surface area contributed by atoms with E-state index in [-0.39, 0.29) is 29.6 Å². The van der Waals surface area contributed by atoms with E-state index in [9.17, 15) is 4.20 Å². The molecule has 0 radical (unpaired) electrons. The minimum atomic E-state index is -5.14. The molecule has 0 fully saturated rings. The maximum absolute atomic E-state index is 10.4. The van der Waals surface area contributed by atoms with Crippen LogP contribution in [0.2, 0.25) is 0 Å². The molecule has 0 aliphatic carbocycles. The number of aliphatic carboxylic acids is 2. The third-order valence-electron chi connectivity index (χ3n) is 0.183. The topological polar surface area (TPSA) is 255 Å². The zero-order chi connectivity index (χ0) is 17.8. The van der Waals surface area contributed by atoms with Gasteiger partial charge < -0.3 is 10.2 Å². The van der Waals surface area contributed by atoms with E-state index in [1.54, 1.807) is 0 Å². The second-order valence-corrected chi connectivity index (χ2v) is 2.34. The molecule has 0 heterocycles. The van der Waals surface area contributed by atoms with Crippen molar-refractivity contribution in [1.82, 2.24) is 0 Å². The van der Waals surface area contributed by atoms with Crippen molar-refractivity contribution in [3.8, 4) is 0 Å². The number of carbonyl (C=O) groups is 2. The summed E-state index contributed by atoms with van der Waals surface area (Å²) in [6.45, 7) is 0. The average molecular weight is 343 g/mol. The quantitative estimate of drug-likeness (QED) is 0.0858. The van der Waals surface area contributed by atoms with Crippen molar-refractivity contribution in [2.24, 2.45) is 0 Å². The SMILES string of the molecule is N=C=O.N=C=O.N=C=O.O=C(O)C(=O)O.O=P(O)(O)F.[NaH]. The third kappa shape index (κ3) is 1020. The summed E-state index contributed by atoms with van der Waals surface area (Å²) < 4.78 is 19.0. The molecule has 0 atom stereocenters. The molecule has 0 saturated carbocycles. The first-order valence-electron chi connectivity index (χ1n) is 3.22. The summed E-state index contributed by atoms with van der Waals surface area (Å²) in [5, 5.41) is 31.0. The van der Waals surface area contributed by atoms with E-state index in [0.29, 0.717) is 0 Å². The van der Waals surface area contributed by atoms with Gasteiger partial charge in [0.2, 0.25) is 18.2 Å². The molecule has 0 bridgehead atoms. The van der Waals surface area contributed by atoms with Crippen LogP contribution in [0.25, 0.3) is 0 Å². The Balaban J connectivity index is -0.0000000344. The minimum absolute atomic E-state index is 0. The van der Waals surface area contributed by atoms with Crippen LogP contribution >= 0.6 is 7.91 Å². The average Bonchev–Trinajstić information content (AvgIpc) is 2.18. The van der Waals surface area contributed by atoms with Gasteiger partial charge in [-0.25, -0.2) is 44.8 Å². The summed E-state index contributed by atoms with van der Waals surface area (Å²) in [6, 6.07) is 0. The normalized spacial score (nSPS) is 6.05. The molecule has 0 aromatic carbocycles. The van der Waals surface area contributed by atoms with Crippen molar-refractivity contribution in [1.29, 1.82) is 16.2 Å². The number of nitrogens with one attached hydrogen (secondary N) is 3. The summed E-state index contributed by atoms with van der Waals surface area (Å²) in [5.74, 6) is -3.65. The molecule has 116 valence electrons. The second-order valence-electron chi connectivity index (χ2n) is 1.39. The van der Waals surface area contributed by atoms with Crippen molar-refractivity contribution >= 4 is 67.6 Å². The Labute approximate surface area is 136 Å². The molecule has 0 aliphatic rings. The van der Waals surface area contributed by atoms with Crippen LogP contribution in [0.4, 0.5) is 4.20 Å². The molecule has 0 saturated heterocycles. The van der Waals surface area contributed by atoms with Crippen LogP contribution < -0.4 is 0 Å². The zero-order valence-electron chi connectivity index (χ0n) is 9.06. The van der Waals surface area contributed by atoms with Crippen LogP contribution in [-0.2, 0) is 28.5 Å². The van der Waals surface area contributed by atoms with E-state index in [1.807, 2.05) is 0 Å². The zero-order valence-corrected chi connectivity index (χ0v) is 9.96. The van der Waals surface area contributed by atoms with E-state index in [1.165, 1.54) is 0 Å². The van der Waals surface area contributed by atoms with Crippen molar-refractivity contribution < 1.29 is 52.7 Å². The van der Waals surface area contributed by atoms with Gasteiger partial charge >= 0.3 is 49.4 Å². The summed E-state index contributed by atoms with van der Waals surface area (Å²) in [6.07, 6.45) is 2.25. The van der Waals surface area contributed by atoms with E-state index in [4.69, 9.17) is 64.8 Å². The molecule has 0 spiro atoms. The number of carbonyl (C=O) groups excluding carboxylic acids is 3. The van der Waals surface area contributed by atoms with Gasteiger partial charge in [-0.05, 0) is 0 Å². The van der Waals surface area contributed by atoms with Crippen molar-refractivity contribution in [3.63, 3.8) is 0 Å². The number of carboxylic acids is 2. The summed E-state index contributed by atoms with van der Waals surface area (Å²) in [4.78, 5) is 57.2. The van der Waals surface area contributed by atoms with E-state index in [0.717, 1.165) is 18.2 Å². The fourth-order valence-corrected chi connectivity index (χ4v) is 0. The Morgan fingerprint density at radius 3 is 0.905 bits per heavy atom. The molecule has 0 aromatic heterocycles. The van der Waals surface area contributed by atoms with Crippen molar-refractivity contribution in [2.45, 2.75) is 0 Å². The van der Waals surface area contributed by atoms with Gasteiger partial charge in [-0.2, -0.15) is 0 Å². The summed E-state index contributed by atoms with van der Waals surface area (Å²) in [5.41, 5.74) is 0. The molecule has 0 aliphatic heterocycles. The van der Waals surface area contributed by atoms with Gasteiger partial charge in [-0.1, -0.05) is 0 Å². The van der Waals surface area contributed by atoms with Crippen LogP contribution in [0, 0.1) is 16.2 Å². The number of hydrogen-bond donors (Lipinski definition) is 7. The predicted octanol–water partition coefficient (Wildman–Crippen LogP) is -1.74. The molecule has 0 rings (SSSR count). The molecule has 21 heavy (non-hydrogen) atoms. The number of hydrogen-bond acceptors (Lipinski definition) is 9. The summed E-state index contributed by atoms with van der Waals surface area (Å²) in [7, 11) is -5.14. The van der Waals surface area contributed by atoms with Crippen LogP contribution in [0.1, 0.15) is 0 Å². The molecular formula is C5H8FN3NaO10P. The first-order valence-corrected chi connectivity index (χ1v) is 4.72. The molecule has 16 heteroatoms. The van der Waals surface area contributed by atoms with Crippen molar-refractivity contribution in [3.05, 3.63) is 0 Å². The standard InChI is InChI=1S/C2H2O4.3CHNO.FH2O3P.Na.H/c3-1(4)2(5)6;3*2-1-3;1-5(2,3)4;;/h(H,3,4)(H,5,6);3*2H;(H2,2,3,4);;. The Kier molecular flexibility index (Phi) is 53.6. The number of rotatable bonds is 0. The fraction of sp³-hybridized carbons (Fsp3) is 0. The van der Waals surface area contributed by atoms with Gasteiger partial charge in [-0.15, -0.1) is 4.20 Å². The Hall–Kier alpha value is -1.84. The first-order chi connectivity index (χ1) is 8.89. The number of carboxylic acid groups (broad SMARTS) is 2. The fourth-order valence-electron chi connectivity index (χ4n) is 0. The molecule has 0 unspecified atom stereocenters. The van der Waals surface area contributed by atoms with Gasteiger partial charge in [0.15, 0.2) is 0 Å². The molecule has 13 nitrogen and oxygen atoms in total. The van der Waals surface area contributed by atoms with Gasteiger partial charge in [0.1, 0.15) is 0 Å². The van der Waals surface area contributed by atoms with Gasteiger partial charge in [0, 0.05) is 0 Å². The monoisotopic (exact) mass is 343 g/mol. The molecular weight excluding hydrogens is 335 g/mol. The summed E-state index contributed by atoms with van der Waals surface area (Å²) >= 11 is 0. The first kappa shape index (κ1) is 36.5. The maximum atomic E-state index is 10.4. The van der Waals surface area contributed by atoms with E-state index >= 15 is 0 Å². The van der Waals surface area contributed by atoms with E-state index in [2.05, 4.69) is 0 Å². The molecule has 7 N–H and O–H groups in total. The van der Waals surface area contributed by atoms with Crippen LogP contribution in [0.3, 0.4) is 0 Å². The third-order valence-corrected chi connectivity index (χ3v) is 0.183. The van der Waals surface area contributed by atoms with Gasteiger partial charge in [0.05, 0.1) is 0 Å². The van der Waals surface area contributed by atoms with Crippen LogP contribution in [0.15, 0.2) is 0 Å². The van der Waals surface area contributed by atoms with Crippen molar-refractivity contribution in [2.75, 3.05) is 0 Å².